The van der Waals surface area contributed by atoms with Gasteiger partial charge in [-0.25, -0.2) is 0 Å². The molecule has 0 aromatic heterocycles. The van der Waals surface area contributed by atoms with Gasteiger partial charge in [0.05, 0.1) is 0 Å². The van der Waals surface area contributed by atoms with Crippen molar-refractivity contribution in [3.05, 3.63) is 0 Å². The largest absolute Gasteiger partial charge is 0.303 e. The first-order valence-corrected chi connectivity index (χ1v) is 5.40. The number of aldehydes is 1. The zero-order valence-corrected chi connectivity index (χ0v) is 9.02. The van der Waals surface area contributed by atoms with Crippen LogP contribution in [0.2, 0.25) is 0 Å². The van der Waals surface area contributed by atoms with Crippen LogP contribution in [0.3, 0.4) is 0 Å². The molecule has 2 rings (SSSR count). The summed E-state index contributed by atoms with van der Waals surface area (Å²) in [6.07, 6.45) is 7.51. The number of hydrogen-bond donors (Lipinski definition) is 0. The van der Waals surface area contributed by atoms with Gasteiger partial charge < -0.3 is 4.79 Å². The molecule has 0 aromatic carbocycles. The highest BCUT2D eigenvalue weighted by molar-refractivity contribution is 5.66. The Balaban J connectivity index is 2.05. The van der Waals surface area contributed by atoms with Crippen molar-refractivity contribution in [1.29, 1.82) is 0 Å². The van der Waals surface area contributed by atoms with Crippen molar-refractivity contribution in [2.45, 2.75) is 52.9 Å². The van der Waals surface area contributed by atoms with Crippen molar-refractivity contribution in [2.75, 3.05) is 0 Å². The average molecular weight is 180 g/mol. The molecule has 0 N–H and O–H groups in total. The standard InChI is InChI=1S/C12H20O/c1-10(2)7-12(10,9-13)8-11(3)5-4-6-11/h9H,4-8H2,1-3H3. The Bertz CT molecular complexity index is 238. The van der Waals surface area contributed by atoms with Crippen molar-refractivity contribution in [2.24, 2.45) is 16.2 Å². The van der Waals surface area contributed by atoms with Gasteiger partial charge >= 0.3 is 0 Å². The van der Waals surface area contributed by atoms with Gasteiger partial charge in [-0.1, -0.05) is 27.2 Å². The molecular formula is C12H20O. The van der Waals surface area contributed by atoms with Crippen LogP contribution in [-0.4, -0.2) is 6.29 Å². The quantitative estimate of drug-likeness (QED) is 0.610. The van der Waals surface area contributed by atoms with E-state index in [0.29, 0.717) is 5.41 Å². The molecule has 0 bridgehead atoms. The molecule has 0 saturated heterocycles. The number of rotatable bonds is 3. The van der Waals surface area contributed by atoms with E-state index >= 15 is 0 Å². The van der Waals surface area contributed by atoms with Crippen LogP contribution in [0, 0.1) is 16.2 Å². The zero-order valence-electron chi connectivity index (χ0n) is 9.02. The Morgan fingerprint density at radius 3 is 2.00 bits per heavy atom. The van der Waals surface area contributed by atoms with Crippen LogP contribution in [0.1, 0.15) is 52.9 Å². The van der Waals surface area contributed by atoms with Crippen LogP contribution in [0.4, 0.5) is 0 Å². The van der Waals surface area contributed by atoms with Crippen molar-refractivity contribution in [3.8, 4) is 0 Å². The first-order valence-electron chi connectivity index (χ1n) is 5.40. The number of carbonyl (C=O) groups excluding carboxylic acids is 1. The molecule has 0 spiro atoms. The Hall–Kier alpha value is -0.330. The van der Waals surface area contributed by atoms with Crippen LogP contribution in [-0.2, 0) is 4.79 Å². The van der Waals surface area contributed by atoms with Gasteiger partial charge in [0.1, 0.15) is 6.29 Å². The summed E-state index contributed by atoms with van der Waals surface area (Å²) in [5, 5.41) is 0. The lowest BCUT2D eigenvalue weighted by Gasteiger charge is -2.41. The van der Waals surface area contributed by atoms with E-state index in [1.165, 1.54) is 25.5 Å². The third kappa shape index (κ3) is 1.24. The van der Waals surface area contributed by atoms with E-state index in [-0.39, 0.29) is 10.8 Å². The third-order valence-electron chi connectivity index (χ3n) is 4.51. The molecule has 2 aliphatic rings. The summed E-state index contributed by atoms with van der Waals surface area (Å²) in [4.78, 5) is 11.1. The first kappa shape index (κ1) is 9.23. The van der Waals surface area contributed by atoms with Crippen LogP contribution in [0.25, 0.3) is 0 Å². The monoisotopic (exact) mass is 180 g/mol. The maximum absolute atomic E-state index is 11.1. The lowest BCUT2D eigenvalue weighted by Crippen LogP contribution is -2.31. The van der Waals surface area contributed by atoms with Crippen molar-refractivity contribution in [3.63, 3.8) is 0 Å². The second-order valence-corrected chi connectivity index (χ2v) is 6.18. The highest BCUT2D eigenvalue weighted by Gasteiger charge is 2.63. The molecule has 13 heavy (non-hydrogen) atoms. The molecule has 1 nitrogen and oxygen atoms in total. The van der Waals surface area contributed by atoms with E-state index in [0.717, 1.165) is 12.8 Å². The normalized spacial score (nSPS) is 39.3. The molecule has 2 saturated carbocycles. The molecule has 2 aliphatic carbocycles. The topological polar surface area (TPSA) is 17.1 Å². The maximum Gasteiger partial charge on any atom is 0.126 e. The van der Waals surface area contributed by atoms with E-state index in [4.69, 9.17) is 0 Å². The summed E-state index contributed by atoms with van der Waals surface area (Å²) in [7, 11) is 0. The summed E-state index contributed by atoms with van der Waals surface area (Å²) in [5.41, 5.74) is 0.824. The summed E-state index contributed by atoms with van der Waals surface area (Å²) in [5.74, 6) is 0. The van der Waals surface area contributed by atoms with Crippen molar-refractivity contribution >= 4 is 6.29 Å². The van der Waals surface area contributed by atoms with Crippen molar-refractivity contribution < 1.29 is 4.79 Å². The van der Waals surface area contributed by atoms with E-state index < -0.39 is 0 Å². The van der Waals surface area contributed by atoms with Gasteiger partial charge in [-0.2, -0.15) is 0 Å². The fraction of sp³-hybridized carbons (Fsp3) is 0.917. The van der Waals surface area contributed by atoms with Crippen LogP contribution in [0.15, 0.2) is 0 Å². The van der Waals surface area contributed by atoms with Gasteiger partial charge in [-0.3, -0.25) is 0 Å². The van der Waals surface area contributed by atoms with E-state index in [1.54, 1.807) is 0 Å². The fourth-order valence-electron chi connectivity index (χ4n) is 3.01. The summed E-state index contributed by atoms with van der Waals surface area (Å²) < 4.78 is 0. The molecule has 1 unspecified atom stereocenters. The summed E-state index contributed by atoms with van der Waals surface area (Å²) >= 11 is 0. The first-order chi connectivity index (χ1) is 5.93. The Morgan fingerprint density at radius 2 is 1.77 bits per heavy atom. The van der Waals surface area contributed by atoms with Gasteiger partial charge in [-0.15, -0.1) is 0 Å². The third-order valence-corrected chi connectivity index (χ3v) is 4.51. The predicted molar refractivity (Wildman–Crippen MR) is 53.5 cm³/mol. The van der Waals surface area contributed by atoms with E-state index in [9.17, 15) is 4.79 Å². The van der Waals surface area contributed by atoms with Gasteiger partial charge in [0, 0.05) is 5.41 Å². The lowest BCUT2D eigenvalue weighted by atomic mass is 9.64. The molecule has 74 valence electrons. The molecule has 0 radical (unpaired) electrons. The molecule has 1 atom stereocenters. The minimum absolute atomic E-state index is 0.0438. The van der Waals surface area contributed by atoms with Crippen LogP contribution in [0.5, 0.6) is 0 Å². The Morgan fingerprint density at radius 1 is 1.23 bits per heavy atom. The maximum atomic E-state index is 11.1. The average Bonchev–Trinajstić information content (AvgIpc) is 2.51. The molecule has 0 aromatic rings. The molecule has 0 amide bonds. The zero-order chi connectivity index (χ0) is 9.74. The van der Waals surface area contributed by atoms with Gasteiger partial charge in [-0.05, 0) is 36.5 Å². The minimum atomic E-state index is 0.0438. The SMILES string of the molecule is CC1(CC2(C=O)CC2(C)C)CCC1. The van der Waals surface area contributed by atoms with Crippen LogP contribution < -0.4 is 0 Å². The molecule has 1 heteroatoms. The predicted octanol–water partition coefficient (Wildman–Crippen LogP) is 3.18. The number of hydrogen-bond acceptors (Lipinski definition) is 1. The Kier molecular flexibility index (Phi) is 1.68. The summed E-state index contributed by atoms with van der Waals surface area (Å²) in [6, 6.07) is 0. The summed E-state index contributed by atoms with van der Waals surface area (Å²) in [6.45, 7) is 6.79. The number of carbonyl (C=O) groups is 1. The molecule has 0 aliphatic heterocycles. The van der Waals surface area contributed by atoms with Crippen molar-refractivity contribution in [1.82, 2.24) is 0 Å². The van der Waals surface area contributed by atoms with Gasteiger partial charge in [0.2, 0.25) is 0 Å². The highest BCUT2D eigenvalue weighted by Crippen LogP contribution is 2.68. The van der Waals surface area contributed by atoms with Crippen LogP contribution >= 0.6 is 0 Å². The van der Waals surface area contributed by atoms with E-state index in [1.807, 2.05) is 0 Å². The lowest BCUT2D eigenvalue weighted by molar-refractivity contribution is -0.115. The minimum Gasteiger partial charge on any atom is -0.303 e. The second kappa shape index (κ2) is 2.37. The van der Waals surface area contributed by atoms with E-state index in [2.05, 4.69) is 20.8 Å². The Labute approximate surface area is 80.9 Å². The fourth-order valence-corrected chi connectivity index (χ4v) is 3.01. The smallest absolute Gasteiger partial charge is 0.126 e. The van der Waals surface area contributed by atoms with Gasteiger partial charge in [0.25, 0.3) is 0 Å². The molecular weight excluding hydrogens is 160 g/mol. The highest BCUT2D eigenvalue weighted by atomic mass is 16.1. The molecule has 0 heterocycles. The molecule has 2 fully saturated rings. The second-order valence-electron chi connectivity index (χ2n) is 6.18. The van der Waals surface area contributed by atoms with Gasteiger partial charge in [0.15, 0.2) is 0 Å².